The van der Waals surface area contributed by atoms with Crippen LogP contribution in [-0.2, 0) is 15.8 Å². The molecule has 0 aliphatic carbocycles. The Morgan fingerprint density at radius 3 is 2.56 bits per heavy atom. The van der Waals surface area contributed by atoms with Gasteiger partial charge in [0.15, 0.2) is 0 Å². The first-order valence-electron chi connectivity index (χ1n) is 11.8. The van der Waals surface area contributed by atoms with Crippen LogP contribution in [0, 0.1) is 5.92 Å². The molecule has 0 saturated carbocycles. The number of carbonyl (C=O) groups excluding carboxylic acids is 2. The maximum Gasteiger partial charge on any atom is 0.416 e. The summed E-state index contributed by atoms with van der Waals surface area (Å²) < 4.78 is 39.6. The van der Waals surface area contributed by atoms with E-state index in [0.717, 1.165) is 25.2 Å². The van der Waals surface area contributed by atoms with Gasteiger partial charge in [-0.25, -0.2) is 0 Å². The minimum absolute atomic E-state index is 0.0493. The van der Waals surface area contributed by atoms with Crippen LogP contribution >= 0.6 is 11.6 Å². The van der Waals surface area contributed by atoms with Crippen LogP contribution in [0.15, 0.2) is 18.2 Å². The molecular weight excluding hydrogens is 471 g/mol. The molecular formula is C23H31ClF3N5O2. The number of piperidine rings is 2. The van der Waals surface area contributed by atoms with Gasteiger partial charge in [0.2, 0.25) is 11.8 Å². The number of nitrogens with one attached hydrogen (secondary N) is 2. The largest absolute Gasteiger partial charge is 0.416 e. The third kappa shape index (κ3) is 5.60. The summed E-state index contributed by atoms with van der Waals surface area (Å²) in [7, 11) is 2.03. The lowest BCUT2D eigenvalue weighted by molar-refractivity contribution is -0.146. The molecule has 11 heteroatoms. The number of alkyl halides is 3. The van der Waals surface area contributed by atoms with E-state index in [0.29, 0.717) is 52.0 Å². The molecule has 2 amide bonds. The molecule has 3 fully saturated rings. The quantitative estimate of drug-likeness (QED) is 0.663. The van der Waals surface area contributed by atoms with Crippen molar-refractivity contribution in [1.82, 2.24) is 20.0 Å². The Balaban J connectivity index is 1.48. The van der Waals surface area contributed by atoms with Crippen LogP contribution in [-0.4, -0.2) is 91.5 Å². The van der Waals surface area contributed by atoms with E-state index in [1.807, 2.05) is 11.9 Å². The first kappa shape index (κ1) is 25.1. The normalized spacial score (nSPS) is 27.1. The Morgan fingerprint density at radius 2 is 1.85 bits per heavy atom. The van der Waals surface area contributed by atoms with Gasteiger partial charge in [0, 0.05) is 50.0 Å². The predicted octanol–water partition coefficient (Wildman–Crippen LogP) is 2.51. The fraction of sp³-hybridized carbons (Fsp3) is 0.652. The fourth-order valence-electron chi connectivity index (χ4n) is 5.12. The fourth-order valence-corrected chi connectivity index (χ4v) is 5.35. The number of piperazine rings is 1. The highest BCUT2D eigenvalue weighted by atomic mass is 35.5. The molecule has 3 unspecified atom stereocenters. The number of amides is 2. The minimum Gasteiger partial charge on any atom is -0.374 e. The molecule has 3 atom stereocenters. The number of halogens is 4. The maximum atomic E-state index is 13.4. The number of likely N-dealkylation sites (N-methyl/N-ethyl adjacent to an activating group) is 1. The minimum atomic E-state index is -4.53. The van der Waals surface area contributed by atoms with E-state index >= 15 is 0 Å². The Kier molecular flexibility index (Phi) is 7.59. The zero-order valence-corrected chi connectivity index (χ0v) is 20.0. The number of benzene rings is 1. The monoisotopic (exact) mass is 501 g/mol. The van der Waals surface area contributed by atoms with Gasteiger partial charge in [0.05, 0.1) is 17.5 Å². The molecule has 2 N–H and O–H groups in total. The zero-order chi connectivity index (χ0) is 24.5. The first-order valence-corrected chi connectivity index (χ1v) is 12.1. The number of likely N-dealkylation sites (tertiary alicyclic amines) is 1. The van der Waals surface area contributed by atoms with E-state index < -0.39 is 17.8 Å². The SMILES string of the molecule is CN1CCN(C(=O)C2CCNCC2N2CCCC(Nc3cc(Cl)cc(C(F)(F)F)c3)C2=O)CC1. The van der Waals surface area contributed by atoms with Gasteiger partial charge in [-0.15, -0.1) is 0 Å². The van der Waals surface area contributed by atoms with Gasteiger partial charge in [-0.2, -0.15) is 13.2 Å². The lowest BCUT2D eigenvalue weighted by atomic mass is 9.87. The molecule has 0 aromatic heterocycles. The second-order valence-corrected chi connectivity index (χ2v) is 9.83. The van der Waals surface area contributed by atoms with Crippen molar-refractivity contribution in [3.63, 3.8) is 0 Å². The van der Waals surface area contributed by atoms with Crippen molar-refractivity contribution >= 4 is 29.1 Å². The molecule has 7 nitrogen and oxygen atoms in total. The number of anilines is 1. The first-order chi connectivity index (χ1) is 16.1. The van der Waals surface area contributed by atoms with E-state index in [1.54, 1.807) is 4.90 Å². The van der Waals surface area contributed by atoms with Crippen LogP contribution in [0.25, 0.3) is 0 Å². The smallest absolute Gasteiger partial charge is 0.374 e. The molecule has 0 bridgehead atoms. The van der Waals surface area contributed by atoms with Crippen LogP contribution in [0.3, 0.4) is 0 Å². The second-order valence-electron chi connectivity index (χ2n) is 9.39. The predicted molar refractivity (Wildman–Crippen MR) is 124 cm³/mol. The highest BCUT2D eigenvalue weighted by Crippen LogP contribution is 2.34. The van der Waals surface area contributed by atoms with Crippen molar-refractivity contribution in [3.05, 3.63) is 28.8 Å². The molecule has 0 radical (unpaired) electrons. The third-order valence-corrected chi connectivity index (χ3v) is 7.24. The van der Waals surface area contributed by atoms with Crippen LogP contribution in [0.2, 0.25) is 5.02 Å². The van der Waals surface area contributed by atoms with E-state index in [4.69, 9.17) is 11.6 Å². The van der Waals surface area contributed by atoms with Gasteiger partial charge in [-0.05, 0) is 51.1 Å². The molecule has 1 aromatic rings. The van der Waals surface area contributed by atoms with E-state index in [2.05, 4.69) is 15.5 Å². The number of hydrogen-bond acceptors (Lipinski definition) is 5. The molecule has 34 heavy (non-hydrogen) atoms. The number of hydrogen-bond donors (Lipinski definition) is 2. The summed E-state index contributed by atoms with van der Waals surface area (Å²) in [5, 5.41) is 6.23. The van der Waals surface area contributed by atoms with E-state index in [1.165, 1.54) is 6.07 Å². The van der Waals surface area contributed by atoms with Crippen molar-refractivity contribution in [2.75, 3.05) is 58.2 Å². The number of rotatable bonds is 4. The van der Waals surface area contributed by atoms with Crippen molar-refractivity contribution in [2.45, 2.75) is 37.5 Å². The Hall–Kier alpha value is -2.04. The van der Waals surface area contributed by atoms with Crippen molar-refractivity contribution in [3.8, 4) is 0 Å². The van der Waals surface area contributed by atoms with Crippen molar-refractivity contribution in [2.24, 2.45) is 5.92 Å². The lowest BCUT2D eigenvalue weighted by Crippen LogP contribution is -2.62. The third-order valence-electron chi connectivity index (χ3n) is 7.02. The van der Waals surface area contributed by atoms with Crippen LogP contribution in [0.5, 0.6) is 0 Å². The zero-order valence-electron chi connectivity index (χ0n) is 19.2. The van der Waals surface area contributed by atoms with Crippen molar-refractivity contribution in [1.29, 1.82) is 0 Å². The van der Waals surface area contributed by atoms with Gasteiger partial charge >= 0.3 is 6.18 Å². The van der Waals surface area contributed by atoms with E-state index in [-0.39, 0.29) is 34.5 Å². The highest BCUT2D eigenvalue weighted by molar-refractivity contribution is 6.31. The van der Waals surface area contributed by atoms with E-state index in [9.17, 15) is 22.8 Å². The summed E-state index contributed by atoms with van der Waals surface area (Å²) in [6.45, 7) is 4.79. The molecule has 3 heterocycles. The average Bonchev–Trinajstić information content (AvgIpc) is 2.80. The molecule has 0 spiro atoms. The Morgan fingerprint density at radius 1 is 1.12 bits per heavy atom. The summed E-state index contributed by atoms with van der Waals surface area (Å²) in [4.78, 5) is 32.6. The summed E-state index contributed by atoms with van der Waals surface area (Å²) in [6, 6.07) is 2.28. The summed E-state index contributed by atoms with van der Waals surface area (Å²) in [5.74, 6) is -0.382. The molecule has 1 aromatic carbocycles. The van der Waals surface area contributed by atoms with Gasteiger partial charge in [0.25, 0.3) is 0 Å². The summed E-state index contributed by atoms with van der Waals surface area (Å²) >= 11 is 5.91. The molecule has 3 saturated heterocycles. The lowest BCUT2D eigenvalue weighted by Gasteiger charge is -2.45. The molecule has 3 aliphatic heterocycles. The Labute approximate surface area is 202 Å². The number of carbonyl (C=O) groups is 2. The van der Waals surface area contributed by atoms with Crippen LogP contribution in [0.1, 0.15) is 24.8 Å². The average molecular weight is 502 g/mol. The molecule has 3 aliphatic rings. The Bertz CT molecular complexity index is 907. The van der Waals surface area contributed by atoms with Crippen LogP contribution < -0.4 is 10.6 Å². The highest BCUT2D eigenvalue weighted by Gasteiger charge is 2.42. The van der Waals surface area contributed by atoms with Gasteiger partial charge < -0.3 is 25.3 Å². The van der Waals surface area contributed by atoms with Gasteiger partial charge in [0.1, 0.15) is 6.04 Å². The topological polar surface area (TPSA) is 67.9 Å². The summed E-state index contributed by atoms with van der Waals surface area (Å²) in [5.41, 5.74) is -0.705. The standard InChI is InChI=1S/C23H31ClF3N5O2/c1-30-7-9-31(10-8-30)21(33)18-4-5-28-14-20(18)32-6-2-3-19(22(32)34)29-17-12-15(23(25,26)27)11-16(24)13-17/h11-13,18-20,28-29H,2-10,14H2,1H3. The summed E-state index contributed by atoms with van der Waals surface area (Å²) in [6.07, 6.45) is -2.68. The second kappa shape index (κ2) is 10.3. The van der Waals surface area contributed by atoms with Gasteiger partial charge in [-0.1, -0.05) is 11.6 Å². The van der Waals surface area contributed by atoms with Gasteiger partial charge in [-0.3, -0.25) is 9.59 Å². The molecule has 4 rings (SSSR count). The number of nitrogens with zero attached hydrogens (tertiary/aromatic N) is 3. The van der Waals surface area contributed by atoms with Crippen molar-refractivity contribution < 1.29 is 22.8 Å². The maximum absolute atomic E-state index is 13.4. The van der Waals surface area contributed by atoms with Crippen LogP contribution in [0.4, 0.5) is 18.9 Å². The molecule has 188 valence electrons.